The van der Waals surface area contributed by atoms with Gasteiger partial charge in [-0.2, -0.15) is 0 Å². The summed E-state index contributed by atoms with van der Waals surface area (Å²) in [5.74, 6) is 1.39. The van der Waals surface area contributed by atoms with E-state index in [1.807, 2.05) is 59.5 Å². The van der Waals surface area contributed by atoms with Gasteiger partial charge in [-0.05, 0) is 60.6 Å². The number of benzene rings is 3. The minimum absolute atomic E-state index is 0.101. The maximum absolute atomic E-state index is 14.0. The van der Waals surface area contributed by atoms with E-state index in [0.29, 0.717) is 42.0 Å². The van der Waals surface area contributed by atoms with Crippen LogP contribution in [0.3, 0.4) is 0 Å². The lowest BCUT2D eigenvalue weighted by molar-refractivity contribution is -0.135. The summed E-state index contributed by atoms with van der Waals surface area (Å²) in [5, 5.41) is 0.581. The van der Waals surface area contributed by atoms with Crippen LogP contribution in [0.2, 0.25) is 0 Å². The second kappa shape index (κ2) is 12.4. The summed E-state index contributed by atoms with van der Waals surface area (Å²) in [7, 11) is 0. The second-order valence-corrected chi connectivity index (χ2v) is 10.8. The van der Waals surface area contributed by atoms with E-state index in [2.05, 4.69) is 38.1 Å². The van der Waals surface area contributed by atoms with Gasteiger partial charge in [-0.1, -0.05) is 94.1 Å². The molecular weight excluding hydrogens is 482 g/mol. The number of hydrogen-bond donors (Lipinski definition) is 0. The summed E-state index contributed by atoms with van der Waals surface area (Å²) >= 11 is 0. The van der Waals surface area contributed by atoms with Crippen molar-refractivity contribution >= 4 is 16.8 Å². The highest BCUT2D eigenvalue weighted by molar-refractivity contribution is 5.79. The first-order valence-electron chi connectivity index (χ1n) is 14.5. The first-order valence-corrected chi connectivity index (χ1v) is 14.5. The number of carbonyl (C=O) groups excluding carboxylic acids is 1. The van der Waals surface area contributed by atoms with E-state index < -0.39 is 0 Å². The lowest BCUT2D eigenvalue weighted by Gasteiger charge is -2.33. The zero-order valence-electron chi connectivity index (χ0n) is 23.2. The van der Waals surface area contributed by atoms with Crippen LogP contribution in [0.5, 0.6) is 0 Å². The average Bonchev–Trinajstić information content (AvgIpc) is 3.50. The molecule has 5 rings (SSSR count). The number of aryl methyl sites for hydroxylation is 1. The fourth-order valence-corrected chi connectivity index (χ4v) is 5.97. The van der Waals surface area contributed by atoms with Gasteiger partial charge >= 0.3 is 0 Å². The van der Waals surface area contributed by atoms with Crippen LogP contribution >= 0.6 is 0 Å². The first-order chi connectivity index (χ1) is 19.1. The highest BCUT2D eigenvalue weighted by Gasteiger charge is 2.30. The smallest absolute Gasteiger partial charge is 0.266 e. The van der Waals surface area contributed by atoms with E-state index in [1.54, 1.807) is 4.57 Å². The Labute approximate surface area is 231 Å². The second-order valence-electron chi connectivity index (χ2n) is 10.8. The van der Waals surface area contributed by atoms with Gasteiger partial charge in [-0.3, -0.25) is 14.2 Å². The molecule has 0 bridgehead atoms. The molecule has 1 aromatic heterocycles. The van der Waals surface area contributed by atoms with Crippen LogP contribution in [0, 0.1) is 5.92 Å². The van der Waals surface area contributed by atoms with E-state index in [-0.39, 0.29) is 17.5 Å². The third kappa shape index (κ3) is 5.98. The van der Waals surface area contributed by atoms with Gasteiger partial charge in [-0.15, -0.1) is 0 Å². The molecule has 0 N–H and O–H groups in total. The number of fused-ring (bicyclic) bond motifs is 1. The summed E-state index contributed by atoms with van der Waals surface area (Å²) in [6.45, 7) is 4.69. The molecule has 5 heteroatoms. The Bertz CT molecular complexity index is 1450. The molecule has 1 unspecified atom stereocenters. The molecule has 0 saturated heterocycles. The molecule has 4 aromatic rings. The molecule has 202 valence electrons. The lowest BCUT2D eigenvalue weighted by Crippen LogP contribution is -2.38. The summed E-state index contributed by atoms with van der Waals surface area (Å²) in [6.07, 6.45) is 8.03. The van der Waals surface area contributed by atoms with Gasteiger partial charge in [0, 0.05) is 13.0 Å². The minimum atomic E-state index is -0.343. The van der Waals surface area contributed by atoms with Gasteiger partial charge in [0.05, 0.1) is 22.6 Å². The summed E-state index contributed by atoms with van der Waals surface area (Å²) < 4.78 is 1.73. The molecule has 39 heavy (non-hydrogen) atoms. The van der Waals surface area contributed by atoms with E-state index in [1.165, 1.54) is 31.2 Å². The minimum Gasteiger partial charge on any atom is -0.328 e. The molecule has 5 nitrogen and oxygen atoms in total. The average molecular weight is 522 g/mol. The number of para-hydroxylation sites is 1. The van der Waals surface area contributed by atoms with Crippen LogP contribution in [-0.4, -0.2) is 20.4 Å². The Morgan fingerprint density at radius 3 is 2.31 bits per heavy atom. The van der Waals surface area contributed by atoms with Crippen LogP contribution < -0.4 is 5.56 Å². The Kier molecular flexibility index (Phi) is 8.55. The van der Waals surface area contributed by atoms with Crippen molar-refractivity contribution in [2.45, 2.75) is 77.8 Å². The Hall–Kier alpha value is -3.73. The van der Waals surface area contributed by atoms with Gasteiger partial charge in [-0.25, -0.2) is 4.98 Å². The van der Waals surface area contributed by atoms with Gasteiger partial charge in [0.15, 0.2) is 0 Å². The third-order valence-electron chi connectivity index (χ3n) is 8.22. The molecule has 1 fully saturated rings. The van der Waals surface area contributed by atoms with E-state index in [4.69, 9.17) is 4.98 Å². The molecular formula is C34H39N3O2. The van der Waals surface area contributed by atoms with Crippen molar-refractivity contribution in [3.05, 3.63) is 106 Å². The normalized spacial score (nSPS) is 14.5. The molecule has 1 aliphatic carbocycles. The Balaban J connectivity index is 1.61. The molecule has 0 aliphatic heterocycles. The summed E-state index contributed by atoms with van der Waals surface area (Å²) in [4.78, 5) is 35.0. The number of aromatic nitrogens is 2. The Morgan fingerprint density at radius 2 is 1.62 bits per heavy atom. The fourth-order valence-electron chi connectivity index (χ4n) is 5.97. The van der Waals surface area contributed by atoms with E-state index in [0.717, 1.165) is 24.1 Å². The van der Waals surface area contributed by atoms with Crippen LogP contribution in [0.25, 0.3) is 16.6 Å². The van der Waals surface area contributed by atoms with Crippen LogP contribution in [0.4, 0.5) is 0 Å². The largest absolute Gasteiger partial charge is 0.328 e. The molecule has 1 aliphatic rings. The van der Waals surface area contributed by atoms with Gasteiger partial charge in [0.25, 0.3) is 5.56 Å². The van der Waals surface area contributed by atoms with Crippen LogP contribution in [0.15, 0.2) is 83.7 Å². The molecule has 1 heterocycles. The highest BCUT2D eigenvalue weighted by Crippen LogP contribution is 2.32. The van der Waals surface area contributed by atoms with Crippen molar-refractivity contribution in [2.24, 2.45) is 5.92 Å². The van der Waals surface area contributed by atoms with Crippen molar-refractivity contribution in [3.8, 4) is 5.69 Å². The Morgan fingerprint density at radius 1 is 0.923 bits per heavy atom. The molecule has 0 spiro atoms. The lowest BCUT2D eigenvalue weighted by atomic mass is 10.0. The van der Waals surface area contributed by atoms with Gasteiger partial charge in [0.1, 0.15) is 5.82 Å². The predicted octanol–water partition coefficient (Wildman–Crippen LogP) is 7.40. The number of hydrogen-bond acceptors (Lipinski definition) is 3. The summed E-state index contributed by atoms with van der Waals surface area (Å²) in [5.41, 5.74) is 3.63. The fraction of sp³-hybridized carbons (Fsp3) is 0.382. The molecule has 1 atom stereocenters. The van der Waals surface area contributed by atoms with Crippen LogP contribution in [-0.2, 0) is 17.8 Å². The maximum Gasteiger partial charge on any atom is 0.266 e. The predicted molar refractivity (Wildman–Crippen MR) is 158 cm³/mol. The number of rotatable bonds is 10. The van der Waals surface area contributed by atoms with Crippen molar-refractivity contribution in [1.82, 2.24) is 14.5 Å². The quantitative estimate of drug-likeness (QED) is 0.218. The molecule has 1 amide bonds. The standard InChI is InChI=1S/C34H39N3O2/c1-3-25-18-21-28(22-19-25)37-33(35-30-17-11-10-16-29(30)34(37)39)31(4-2)36(24-27-14-6-5-7-15-27)32(38)23-20-26-12-8-9-13-26/h5-7,10-11,14-19,21-22,26,31H,3-4,8-9,12-13,20,23-24H2,1-2H3. The van der Waals surface area contributed by atoms with Crippen molar-refractivity contribution in [1.29, 1.82) is 0 Å². The zero-order valence-corrected chi connectivity index (χ0v) is 23.2. The van der Waals surface area contributed by atoms with Crippen molar-refractivity contribution < 1.29 is 4.79 Å². The molecule has 0 radical (unpaired) electrons. The van der Waals surface area contributed by atoms with Gasteiger partial charge in [0.2, 0.25) is 5.91 Å². The highest BCUT2D eigenvalue weighted by atomic mass is 16.2. The third-order valence-corrected chi connectivity index (χ3v) is 8.22. The first kappa shape index (κ1) is 26.9. The van der Waals surface area contributed by atoms with Gasteiger partial charge < -0.3 is 4.90 Å². The number of carbonyl (C=O) groups is 1. The summed E-state index contributed by atoms with van der Waals surface area (Å²) in [6, 6.07) is 25.4. The zero-order chi connectivity index (χ0) is 27.2. The molecule has 1 saturated carbocycles. The topological polar surface area (TPSA) is 55.2 Å². The van der Waals surface area contributed by atoms with E-state index >= 15 is 0 Å². The molecule has 3 aromatic carbocycles. The van der Waals surface area contributed by atoms with Crippen molar-refractivity contribution in [3.63, 3.8) is 0 Å². The number of nitrogens with zero attached hydrogens (tertiary/aromatic N) is 3. The van der Waals surface area contributed by atoms with Crippen molar-refractivity contribution in [2.75, 3.05) is 0 Å². The maximum atomic E-state index is 14.0. The number of amides is 1. The van der Waals surface area contributed by atoms with E-state index in [9.17, 15) is 9.59 Å². The monoisotopic (exact) mass is 521 g/mol. The van der Waals surface area contributed by atoms with Crippen LogP contribution in [0.1, 0.15) is 81.8 Å². The SMILES string of the molecule is CCc1ccc(-n2c(C(CC)N(Cc3ccccc3)C(=O)CCC3CCCC3)nc3ccccc3c2=O)cc1.